The van der Waals surface area contributed by atoms with Crippen LogP contribution >= 0.6 is 23.2 Å². The topological polar surface area (TPSA) is 35.0 Å². The lowest BCUT2D eigenvalue weighted by Crippen LogP contribution is -2.02. The van der Waals surface area contributed by atoms with Crippen LogP contribution < -0.4 is 4.74 Å². The van der Waals surface area contributed by atoms with Gasteiger partial charge in [0.15, 0.2) is 11.6 Å². The van der Waals surface area contributed by atoms with E-state index in [1.807, 2.05) is 24.3 Å². The summed E-state index contributed by atoms with van der Waals surface area (Å²) in [7, 11) is 0. The Labute approximate surface area is 181 Å². The monoisotopic (exact) mass is 442 g/mol. The van der Waals surface area contributed by atoms with Crippen LogP contribution in [-0.4, -0.2) is 9.97 Å². The number of hydrogen-bond donors (Lipinski definition) is 0. The van der Waals surface area contributed by atoms with Gasteiger partial charge in [-0.05, 0) is 47.5 Å². The highest BCUT2D eigenvalue weighted by atomic mass is 35.5. The molecule has 1 heterocycles. The summed E-state index contributed by atoms with van der Waals surface area (Å²) >= 11 is 12.0. The molecule has 7 heteroatoms. The number of benzene rings is 3. The van der Waals surface area contributed by atoms with Gasteiger partial charge in [0.2, 0.25) is 0 Å². The molecule has 4 aromatic rings. The second kappa shape index (κ2) is 8.78. The molecule has 0 saturated carbocycles. The number of nitrogens with zero attached hydrogens (tertiary/aromatic N) is 2. The Balaban J connectivity index is 1.69. The molecule has 0 N–H and O–H groups in total. The van der Waals surface area contributed by atoms with Crippen molar-refractivity contribution in [2.24, 2.45) is 0 Å². The molecule has 0 unspecified atom stereocenters. The zero-order chi connectivity index (χ0) is 21.1. The number of hydrogen-bond acceptors (Lipinski definition) is 3. The average Bonchev–Trinajstić information content (AvgIpc) is 2.76. The number of aromatic nitrogens is 2. The fourth-order valence-electron chi connectivity index (χ4n) is 2.88. The second-order valence-electron chi connectivity index (χ2n) is 6.47. The maximum Gasteiger partial charge on any atom is 0.317 e. The van der Waals surface area contributed by atoms with Gasteiger partial charge in [0, 0.05) is 27.4 Å². The first-order chi connectivity index (χ1) is 14.5. The summed E-state index contributed by atoms with van der Waals surface area (Å²) < 4.78 is 32.1. The Bertz CT molecular complexity index is 1180. The van der Waals surface area contributed by atoms with Gasteiger partial charge in [0.25, 0.3) is 0 Å². The first-order valence-electron chi connectivity index (χ1n) is 8.95. The summed E-state index contributed by atoms with van der Waals surface area (Å²) in [5.74, 6) is -1.84. The molecule has 30 heavy (non-hydrogen) atoms. The summed E-state index contributed by atoms with van der Waals surface area (Å²) in [6.07, 6.45) is 1.65. The van der Waals surface area contributed by atoms with E-state index in [0.29, 0.717) is 21.3 Å². The van der Waals surface area contributed by atoms with E-state index < -0.39 is 11.6 Å². The standard InChI is InChI=1S/C23H14Cl2F2N2O/c24-17-6-2-15(3-7-17)19-12-28-23(29-22(19)16-4-8-18(25)9-5-16)30-13-14-1-10-20(26)21(27)11-14/h1-12H,13H2. The van der Waals surface area contributed by atoms with Crippen LogP contribution in [-0.2, 0) is 6.61 Å². The van der Waals surface area contributed by atoms with E-state index in [4.69, 9.17) is 27.9 Å². The van der Waals surface area contributed by atoms with Gasteiger partial charge in [-0.15, -0.1) is 0 Å². The molecule has 0 spiro atoms. The molecular formula is C23H14Cl2F2N2O. The third-order valence-electron chi connectivity index (χ3n) is 4.39. The molecule has 0 aliphatic heterocycles. The largest absolute Gasteiger partial charge is 0.459 e. The predicted octanol–water partition coefficient (Wildman–Crippen LogP) is 6.97. The summed E-state index contributed by atoms with van der Waals surface area (Å²) in [4.78, 5) is 8.83. The smallest absolute Gasteiger partial charge is 0.317 e. The average molecular weight is 443 g/mol. The van der Waals surface area contributed by atoms with Crippen LogP contribution in [0.2, 0.25) is 10.0 Å². The van der Waals surface area contributed by atoms with Crippen LogP contribution in [0.5, 0.6) is 6.01 Å². The van der Waals surface area contributed by atoms with E-state index in [2.05, 4.69) is 9.97 Å². The number of ether oxygens (including phenoxy) is 1. The third kappa shape index (κ3) is 4.58. The lowest BCUT2D eigenvalue weighted by atomic mass is 10.0. The van der Waals surface area contributed by atoms with Gasteiger partial charge in [-0.2, -0.15) is 4.98 Å². The maximum atomic E-state index is 13.4. The minimum absolute atomic E-state index is 0.00243. The number of halogens is 4. The SMILES string of the molecule is Fc1ccc(COc2ncc(-c3ccc(Cl)cc3)c(-c3ccc(Cl)cc3)n2)cc1F. The fourth-order valence-corrected chi connectivity index (χ4v) is 3.13. The van der Waals surface area contributed by atoms with Crippen molar-refractivity contribution in [2.75, 3.05) is 0 Å². The first kappa shape index (κ1) is 20.3. The van der Waals surface area contributed by atoms with Crippen LogP contribution in [0.4, 0.5) is 8.78 Å². The first-order valence-corrected chi connectivity index (χ1v) is 9.71. The molecule has 3 aromatic carbocycles. The van der Waals surface area contributed by atoms with Crippen molar-refractivity contribution in [3.8, 4) is 28.4 Å². The van der Waals surface area contributed by atoms with Crippen LogP contribution in [0.15, 0.2) is 72.9 Å². The van der Waals surface area contributed by atoms with E-state index >= 15 is 0 Å². The Morgan fingerprint density at radius 1 is 0.767 bits per heavy atom. The molecule has 0 saturated heterocycles. The fraction of sp³-hybridized carbons (Fsp3) is 0.0435. The van der Waals surface area contributed by atoms with E-state index in [0.717, 1.165) is 28.8 Å². The molecule has 150 valence electrons. The molecule has 0 aliphatic rings. The second-order valence-corrected chi connectivity index (χ2v) is 7.34. The van der Waals surface area contributed by atoms with E-state index in [1.54, 1.807) is 30.5 Å². The molecule has 0 amide bonds. The lowest BCUT2D eigenvalue weighted by Gasteiger charge is -2.12. The summed E-state index contributed by atoms with van der Waals surface area (Å²) in [5.41, 5.74) is 3.60. The van der Waals surface area contributed by atoms with Crippen molar-refractivity contribution in [2.45, 2.75) is 6.61 Å². The molecule has 0 fully saturated rings. The van der Waals surface area contributed by atoms with Gasteiger partial charge < -0.3 is 4.74 Å². The molecule has 3 nitrogen and oxygen atoms in total. The van der Waals surface area contributed by atoms with E-state index in [1.165, 1.54) is 6.07 Å². The van der Waals surface area contributed by atoms with Gasteiger partial charge in [-0.1, -0.05) is 53.5 Å². The van der Waals surface area contributed by atoms with Gasteiger partial charge in [-0.3, -0.25) is 0 Å². The van der Waals surface area contributed by atoms with Gasteiger partial charge in [0.1, 0.15) is 6.61 Å². The van der Waals surface area contributed by atoms with Crippen LogP contribution in [0.25, 0.3) is 22.4 Å². The summed E-state index contributed by atoms with van der Waals surface area (Å²) in [5, 5.41) is 1.23. The van der Waals surface area contributed by atoms with E-state index in [-0.39, 0.29) is 12.6 Å². The van der Waals surface area contributed by atoms with Crippen molar-refractivity contribution < 1.29 is 13.5 Å². The highest BCUT2D eigenvalue weighted by Gasteiger charge is 2.13. The molecule has 4 rings (SSSR count). The van der Waals surface area contributed by atoms with Gasteiger partial charge in [-0.25, -0.2) is 13.8 Å². The van der Waals surface area contributed by atoms with Crippen molar-refractivity contribution in [3.63, 3.8) is 0 Å². The molecule has 0 aliphatic carbocycles. The Hall–Kier alpha value is -3.02. The van der Waals surface area contributed by atoms with Crippen molar-refractivity contribution >= 4 is 23.2 Å². The zero-order valence-corrected chi connectivity index (χ0v) is 17.0. The van der Waals surface area contributed by atoms with Gasteiger partial charge >= 0.3 is 6.01 Å². The van der Waals surface area contributed by atoms with Crippen molar-refractivity contribution in [1.29, 1.82) is 0 Å². The maximum absolute atomic E-state index is 13.4. The minimum Gasteiger partial charge on any atom is -0.459 e. The van der Waals surface area contributed by atoms with Gasteiger partial charge in [0.05, 0.1) is 5.69 Å². The Kier molecular flexibility index (Phi) is 5.93. The van der Waals surface area contributed by atoms with Crippen molar-refractivity contribution in [1.82, 2.24) is 9.97 Å². The molecular weight excluding hydrogens is 429 g/mol. The highest BCUT2D eigenvalue weighted by molar-refractivity contribution is 6.31. The summed E-state index contributed by atoms with van der Waals surface area (Å²) in [6, 6.07) is 18.3. The normalized spacial score (nSPS) is 10.8. The van der Waals surface area contributed by atoms with Crippen molar-refractivity contribution in [3.05, 3.63) is 100 Å². The minimum atomic E-state index is -0.933. The molecule has 0 radical (unpaired) electrons. The molecule has 0 atom stereocenters. The zero-order valence-electron chi connectivity index (χ0n) is 15.4. The lowest BCUT2D eigenvalue weighted by molar-refractivity contribution is 0.280. The molecule has 0 bridgehead atoms. The Morgan fingerprint density at radius 3 is 2.03 bits per heavy atom. The third-order valence-corrected chi connectivity index (χ3v) is 4.90. The summed E-state index contributed by atoms with van der Waals surface area (Å²) in [6.45, 7) is -0.00243. The number of rotatable bonds is 5. The highest BCUT2D eigenvalue weighted by Crippen LogP contribution is 2.32. The Morgan fingerprint density at radius 2 is 1.40 bits per heavy atom. The van der Waals surface area contributed by atoms with E-state index in [9.17, 15) is 8.78 Å². The van der Waals surface area contributed by atoms with Crippen LogP contribution in [0.3, 0.4) is 0 Å². The van der Waals surface area contributed by atoms with Crippen LogP contribution in [0.1, 0.15) is 5.56 Å². The molecule has 1 aromatic heterocycles. The van der Waals surface area contributed by atoms with Crippen LogP contribution in [0, 0.1) is 11.6 Å². The quantitative estimate of drug-likeness (QED) is 0.334. The predicted molar refractivity (Wildman–Crippen MR) is 114 cm³/mol.